The molecule has 1 aliphatic rings. The predicted molar refractivity (Wildman–Crippen MR) is 113 cm³/mol. The first-order valence-corrected chi connectivity index (χ1v) is 9.73. The van der Waals surface area contributed by atoms with Crippen molar-refractivity contribution in [2.45, 2.75) is 6.54 Å². The van der Waals surface area contributed by atoms with Gasteiger partial charge < -0.3 is 15.4 Å². The molecule has 4 aromatic rings. The summed E-state index contributed by atoms with van der Waals surface area (Å²) in [5, 5.41) is 5.49. The number of nitrogens with two attached hydrogens (primary N) is 1. The number of benzene rings is 2. The summed E-state index contributed by atoms with van der Waals surface area (Å²) in [6.07, 6.45) is 0. The van der Waals surface area contributed by atoms with Crippen molar-refractivity contribution in [2.24, 2.45) is 0 Å². The molecule has 0 bridgehead atoms. The van der Waals surface area contributed by atoms with Gasteiger partial charge in [-0.2, -0.15) is 4.52 Å². The maximum Gasteiger partial charge on any atom is 0.223 e. The number of nitrogen functional groups attached to an aromatic ring is 1. The van der Waals surface area contributed by atoms with Crippen LogP contribution >= 0.6 is 0 Å². The molecule has 2 aromatic heterocycles. The molecule has 1 fully saturated rings. The third-order valence-corrected chi connectivity index (χ3v) is 5.41. The number of aromatic nitrogens is 4. The van der Waals surface area contributed by atoms with Crippen LogP contribution in [-0.4, -0.2) is 57.8 Å². The highest BCUT2D eigenvalue weighted by atomic mass is 16.5. The fraction of sp³-hybridized carbons (Fsp3) is 0.286. The summed E-state index contributed by atoms with van der Waals surface area (Å²) in [7, 11) is 1.63. The Hall–Kier alpha value is -3.39. The van der Waals surface area contributed by atoms with Gasteiger partial charge in [0.2, 0.25) is 5.95 Å². The normalized spacial score (nSPS) is 15.3. The molecule has 148 valence electrons. The molecule has 0 radical (unpaired) electrons. The first-order valence-electron chi connectivity index (χ1n) is 9.73. The smallest absolute Gasteiger partial charge is 0.223 e. The number of fused-ring (bicyclic) bond motifs is 3. The molecule has 8 nitrogen and oxygen atoms in total. The van der Waals surface area contributed by atoms with E-state index >= 15 is 0 Å². The molecule has 0 saturated carbocycles. The van der Waals surface area contributed by atoms with Gasteiger partial charge in [0.15, 0.2) is 11.5 Å². The highest BCUT2D eigenvalue weighted by Crippen LogP contribution is 2.27. The highest BCUT2D eigenvalue weighted by molar-refractivity contribution is 5.95. The molecule has 0 unspecified atom stereocenters. The van der Waals surface area contributed by atoms with Gasteiger partial charge in [-0.15, -0.1) is 5.10 Å². The lowest BCUT2D eigenvalue weighted by Crippen LogP contribution is -2.46. The Morgan fingerprint density at radius 1 is 0.966 bits per heavy atom. The Morgan fingerprint density at radius 2 is 1.76 bits per heavy atom. The van der Waals surface area contributed by atoms with Crippen LogP contribution in [0.3, 0.4) is 0 Å². The topological polar surface area (TPSA) is 84.8 Å². The van der Waals surface area contributed by atoms with Crippen molar-refractivity contribution in [3.8, 4) is 5.75 Å². The van der Waals surface area contributed by atoms with Gasteiger partial charge in [-0.1, -0.05) is 24.3 Å². The number of rotatable bonds is 4. The van der Waals surface area contributed by atoms with E-state index in [4.69, 9.17) is 15.5 Å². The van der Waals surface area contributed by atoms with E-state index < -0.39 is 0 Å². The monoisotopic (exact) mass is 389 g/mol. The van der Waals surface area contributed by atoms with Gasteiger partial charge in [-0.25, -0.2) is 9.97 Å². The lowest BCUT2D eigenvalue weighted by molar-refractivity contribution is 0.244. The molecular formula is C21H23N7O. The second kappa shape index (κ2) is 7.21. The zero-order valence-corrected chi connectivity index (χ0v) is 16.3. The molecule has 2 N–H and O–H groups in total. The number of anilines is 2. The predicted octanol–water partition coefficient (Wildman–Crippen LogP) is 2.19. The van der Waals surface area contributed by atoms with E-state index in [-0.39, 0.29) is 0 Å². The van der Waals surface area contributed by atoms with E-state index in [9.17, 15) is 0 Å². The van der Waals surface area contributed by atoms with Crippen molar-refractivity contribution >= 4 is 28.2 Å². The molecule has 29 heavy (non-hydrogen) atoms. The number of para-hydroxylation sites is 2. The molecule has 2 aromatic carbocycles. The number of ether oxygens (including phenoxy) is 1. The van der Waals surface area contributed by atoms with Crippen LogP contribution in [0.2, 0.25) is 0 Å². The van der Waals surface area contributed by atoms with Gasteiger partial charge >= 0.3 is 0 Å². The van der Waals surface area contributed by atoms with Gasteiger partial charge in [0, 0.05) is 37.3 Å². The number of hydrogen-bond donors (Lipinski definition) is 1. The molecular weight excluding hydrogens is 366 g/mol. The zero-order chi connectivity index (χ0) is 19.8. The minimum Gasteiger partial charge on any atom is -0.494 e. The average Bonchev–Trinajstić information content (AvgIpc) is 3.19. The van der Waals surface area contributed by atoms with Crippen LogP contribution in [0.4, 0.5) is 11.6 Å². The summed E-state index contributed by atoms with van der Waals surface area (Å²) in [4.78, 5) is 14.0. The van der Waals surface area contributed by atoms with Crippen LogP contribution < -0.4 is 15.4 Å². The molecule has 0 atom stereocenters. The van der Waals surface area contributed by atoms with E-state index in [1.165, 1.54) is 5.69 Å². The lowest BCUT2D eigenvalue weighted by Gasteiger charge is -2.35. The van der Waals surface area contributed by atoms with Crippen LogP contribution in [0.1, 0.15) is 5.82 Å². The summed E-state index contributed by atoms with van der Waals surface area (Å²) in [5.74, 6) is 1.74. The Labute approximate surface area is 168 Å². The van der Waals surface area contributed by atoms with E-state index in [0.29, 0.717) is 29.4 Å². The van der Waals surface area contributed by atoms with Crippen molar-refractivity contribution < 1.29 is 4.74 Å². The minimum absolute atomic E-state index is 0.310. The maximum atomic E-state index is 6.15. The van der Waals surface area contributed by atoms with Crippen molar-refractivity contribution in [2.75, 3.05) is 43.9 Å². The fourth-order valence-corrected chi connectivity index (χ4v) is 3.90. The SMILES string of the molecule is COc1cccc2c1nc(N)n1nc(CN3CCN(c4ccccc4)CC3)nc21. The summed E-state index contributed by atoms with van der Waals surface area (Å²) in [6, 6.07) is 16.3. The van der Waals surface area contributed by atoms with Gasteiger partial charge in [0.25, 0.3) is 0 Å². The highest BCUT2D eigenvalue weighted by Gasteiger charge is 2.20. The largest absolute Gasteiger partial charge is 0.494 e. The maximum absolute atomic E-state index is 6.15. The number of nitrogens with zero attached hydrogens (tertiary/aromatic N) is 6. The molecule has 3 heterocycles. The average molecular weight is 389 g/mol. The summed E-state index contributed by atoms with van der Waals surface area (Å²) in [5.41, 5.74) is 8.84. The molecule has 8 heteroatoms. The van der Waals surface area contributed by atoms with Crippen LogP contribution in [0, 0.1) is 0 Å². The third kappa shape index (κ3) is 3.21. The molecule has 5 rings (SSSR count). The third-order valence-electron chi connectivity index (χ3n) is 5.41. The van der Waals surface area contributed by atoms with Crippen LogP contribution in [0.25, 0.3) is 16.6 Å². The molecule has 0 spiro atoms. The quantitative estimate of drug-likeness (QED) is 0.573. The Balaban J connectivity index is 1.38. The minimum atomic E-state index is 0.310. The van der Waals surface area contributed by atoms with Gasteiger partial charge in [0.05, 0.1) is 13.7 Å². The molecule has 0 aliphatic carbocycles. The molecule has 0 amide bonds. The molecule has 1 saturated heterocycles. The Bertz CT molecular complexity index is 1150. The second-order valence-corrected chi connectivity index (χ2v) is 7.19. The van der Waals surface area contributed by atoms with Crippen molar-refractivity contribution in [1.29, 1.82) is 0 Å². The first-order chi connectivity index (χ1) is 14.2. The van der Waals surface area contributed by atoms with E-state index in [1.807, 2.05) is 18.2 Å². The zero-order valence-electron chi connectivity index (χ0n) is 16.3. The number of hydrogen-bond acceptors (Lipinski definition) is 7. The van der Waals surface area contributed by atoms with Gasteiger partial charge in [-0.05, 0) is 24.3 Å². The van der Waals surface area contributed by atoms with Crippen LogP contribution in [-0.2, 0) is 6.54 Å². The summed E-state index contributed by atoms with van der Waals surface area (Å²) < 4.78 is 7.04. The van der Waals surface area contributed by atoms with Gasteiger partial charge in [-0.3, -0.25) is 4.90 Å². The van der Waals surface area contributed by atoms with Crippen LogP contribution in [0.5, 0.6) is 5.75 Å². The standard InChI is InChI=1S/C21H23N7O/c1-29-17-9-5-8-16-19(17)24-21(22)28-20(16)23-18(25-28)14-26-10-12-27(13-11-26)15-6-3-2-4-7-15/h2-9H,10-14H2,1H3,(H2,22,24). The number of methoxy groups -OCH3 is 1. The van der Waals surface area contributed by atoms with E-state index in [0.717, 1.165) is 37.4 Å². The summed E-state index contributed by atoms with van der Waals surface area (Å²) >= 11 is 0. The van der Waals surface area contributed by atoms with E-state index in [1.54, 1.807) is 11.6 Å². The molecule has 1 aliphatic heterocycles. The lowest BCUT2D eigenvalue weighted by atomic mass is 10.2. The van der Waals surface area contributed by atoms with E-state index in [2.05, 4.69) is 50.2 Å². The Morgan fingerprint density at radius 3 is 2.52 bits per heavy atom. The van der Waals surface area contributed by atoms with Gasteiger partial charge in [0.1, 0.15) is 11.3 Å². The second-order valence-electron chi connectivity index (χ2n) is 7.19. The van der Waals surface area contributed by atoms with Crippen LogP contribution in [0.15, 0.2) is 48.5 Å². The fourth-order valence-electron chi connectivity index (χ4n) is 3.90. The first kappa shape index (κ1) is 17.7. The Kier molecular flexibility index (Phi) is 4.40. The van der Waals surface area contributed by atoms with Crippen molar-refractivity contribution in [3.05, 3.63) is 54.4 Å². The van der Waals surface area contributed by atoms with Crippen molar-refractivity contribution in [3.63, 3.8) is 0 Å². The summed E-state index contributed by atoms with van der Waals surface area (Å²) in [6.45, 7) is 4.59. The number of piperazine rings is 1. The van der Waals surface area contributed by atoms with Crippen molar-refractivity contribution in [1.82, 2.24) is 24.5 Å².